The first kappa shape index (κ1) is 26.3. The summed E-state index contributed by atoms with van der Waals surface area (Å²) in [5.74, 6) is 0.895. The van der Waals surface area contributed by atoms with Crippen molar-refractivity contribution in [1.29, 1.82) is 0 Å². The van der Waals surface area contributed by atoms with Crippen molar-refractivity contribution in [2.45, 2.75) is 25.6 Å². The van der Waals surface area contributed by atoms with Gasteiger partial charge in [0.15, 0.2) is 16.7 Å². The Morgan fingerprint density at radius 1 is 1.15 bits per heavy atom. The molecule has 1 heterocycles. The number of nitrogens with zero attached hydrogens (tertiary/aromatic N) is 3. The minimum absolute atomic E-state index is 0.144. The van der Waals surface area contributed by atoms with Crippen LogP contribution in [0.2, 0.25) is 10.0 Å². The van der Waals surface area contributed by atoms with Crippen molar-refractivity contribution in [3.63, 3.8) is 0 Å². The molecule has 11 heteroatoms. The summed E-state index contributed by atoms with van der Waals surface area (Å²) < 4.78 is 12.0. The van der Waals surface area contributed by atoms with E-state index in [9.17, 15) is 4.79 Å². The van der Waals surface area contributed by atoms with E-state index in [1.54, 1.807) is 37.4 Å². The molecule has 0 unspecified atom stereocenters. The molecular weight excluding hydrogens is 563 g/mol. The van der Waals surface area contributed by atoms with Crippen molar-refractivity contribution in [2.75, 3.05) is 12.9 Å². The molecule has 0 bridgehead atoms. The van der Waals surface area contributed by atoms with E-state index in [0.717, 1.165) is 17.0 Å². The second kappa shape index (κ2) is 12.4. The summed E-state index contributed by atoms with van der Waals surface area (Å²) in [5, 5.41) is 5.67. The number of hydrogen-bond acceptors (Lipinski definition) is 7. The van der Waals surface area contributed by atoms with E-state index in [-0.39, 0.29) is 18.3 Å². The van der Waals surface area contributed by atoms with Crippen LogP contribution in [-0.4, -0.2) is 35.0 Å². The molecule has 0 saturated heterocycles. The summed E-state index contributed by atoms with van der Waals surface area (Å²) >= 11 is 16.9. The Morgan fingerprint density at radius 2 is 1.88 bits per heavy atom. The van der Waals surface area contributed by atoms with E-state index in [4.69, 9.17) is 32.7 Å². The van der Waals surface area contributed by atoms with Gasteiger partial charge >= 0.3 is 0 Å². The fraction of sp³-hybridized carbons (Fsp3) is 0.217. The lowest BCUT2D eigenvalue weighted by molar-refractivity contribution is -0.118. The van der Waals surface area contributed by atoms with Crippen LogP contribution in [0.25, 0.3) is 0 Å². The van der Waals surface area contributed by atoms with Crippen LogP contribution in [0.4, 0.5) is 0 Å². The normalized spacial score (nSPS) is 11.0. The van der Waals surface area contributed by atoms with Crippen LogP contribution in [0.5, 0.6) is 11.5 Å². The molecule has 7 nitrogen and oxygen atoms in total. The molecule has 34 heavy (non-hydrogen) atoms. The van der Waals surface area contributed by atoms with Gasteiger partial charge in [-0.3, -0.25) is 4.79 Å². The van der Waals surface area contributed by atoms with Gasteiger partial charge in [0.25, 0.3) is 5.91 Å². The van der Waals surface area contributed by atoms with Crippen LogP contribution in [0.3, 0.4) is 0 Å². The molecule has 0 radical (unpaired) electrons. The number of nitrogens with one attached hydrogen (secondary N) is 1. The Balaban J connectivity index is 1.60. The predicted octanol–water partition coefficient (Wildman–Crippen LogP) is 5.99. The second-order valence-electron chi connectivity index (χ2n) is 7.06. The maximum atomic E-state index is 12.1. The van der Waals surface area contributed by atoms with Gasteiger partial charge in [0.1, 0.15) is 6.61 Å². The number of aryl methyl sites for hydroxylation is 2. The SMILES string of the molecule is COc1cc(/C=N\NC(=O)CSc2nc(C)cc(C)n2)c(Br)cc1OCc1ccc(Cl)cc1Cl. The number of hydrogen-bond donors (Lipinski definition) is 1. The number of benzene rings is 2. The lowest BCUT2D eigenvalue weighted by Crippen LogP contribution is -2.19. The van der Waals surface area contributed by atoms with Crippen LogP contribution >= 0.6 is 50.9 Å². The number of ether oxygens (including phenoxy) is 2. The van der Waals surface area contributed by atoms with Crippen LogP contribution in [-0.2, 0) is 11.4 Å². The molecule has 1 amide bonds. The van der Waals surface area contributed by atoms with Crippen LogP contribution in [0, 0.1) is 13.8 Å². The molecule has 2 aromatic carbocycles. The van der Waals surface area contributed by atoms with Crippen molar-refractivity contribution >= 4 is 63.0 Å². The topological polar surface area (TPSA) is 85.7 Å². The standard InChI is InChI=1S/C23H21BrCl2N4O3S/c1-13-6-14(2)29-23(28-13)34-12-22(31)30-27-10-16-7-20(32-3)21(9-18(16)24)33-11-15-4-5-17(25)8-19(15)26/h4-10H,11-12H2,1-3H3,(H,30,31)/b27-10-. The highest BCUT2D eigenvalue weighted by molar-refractivity contribution is 9.10. The quantitative estimate of drug-likeness (QED) is 0.144. The summed E-state index contributed by atoms with van der Waals surface area (Å²) in [6.07, 6.45) is 1.52. The zero-order chi connectivity index (χ0) is 24.7. The number of aromatic nitrogens is 2. The van der Waals surface area contributed by atoms with Gasteiger partial charge in [0.05, 0.1) is 19.1 Å². The third-order valence-electron chi connectivity index (χ3n) is 4.37. The van der Waals surface area contributed by atoms with E-state index in [2.05, 4.69) is 36.4 Å². The Morgan fingerprint density at radius 3 is 2.56 bits per heavy atom. The first-order chi connectivity index (χ1) is 16.2. The van der Waals surface area contributed by atoms with Gasteiger partial charge in [-0.15, -0.1) is 0 Å². The van der Waals surface area contributed by atoms with E-state index < -0.39 is 0 Å². The Hall–Kier alpha value is -2.33. The van der Waals surface area contributed by atoms with Gasteiger partial charge < -0.3 is 9.47 Å². The molecule has 1 aromatic heterocycles. The van der Waals surface area contributed by atoms with Gasteiger partial charge in [-0.05, 0) is 60.1 Å². The van der Waals surface area contributed by atoms with Crippen molar-refractivity contribution in [2.24, 2.45) is 5.10 Å². The van der Waals surface area contributed by atoms with E-state index >= 15 is 0 Å². The van der Waals surface area contributed by atoms with E-state index in [1.807, 2.05) is 19.9 Å². The van der Waals surface area contributed by atoms with E-state index in [0.29, 0.717) is 36.7 Å². The minimum Gasteiger partial charge on any atom is -0.493 e. The molecule has 0 spiro atoms. The molecule has 178 valence electrons. The number of amides is 1. The number of thioether (sulfide) groups is 1. The molecule has 3 aromatic rings. The smallest absolute Gasteiger partial charge is 0.250 e. The molecule has 0 aliphatic heterocycles. The first-order valence-electron chi connectivity index (χ1n) is 9.96. The molecular formula is C23H21BrCl2N4O3S. The summed E-state index contributed by atoms with van der Waals surface area (Å²) in [4.78, 5) is 20.7. The van der Waals surface area contributed by atoms with Gasteiger partial charge in [-0.1, -0.05) is 41.0 Å². The maximum Gasteiger partial charge on any atom is 0.250 e. The molecule has 1 N–H and O–H groups in total. The van der Waals surface area contributed by atoms with Gasteiger partial charge in [0, 0.05) is 37.0 Å². The number of carbonyl (C=O) groups is 1. The highest BCUT2D eigenvalue weighted by Gasteiger charge is 2.11. The monoisotopic (exact) mass is 582 g/mol. The van der Waals surface area contributed by atoms with Gasteiger partial charge in [-0.2, -0.15) is 5.10 Å². The highest BCUT2D eigenvalue weighted by atomic mass is 79.9. The summed E-state index contributed by atoms with van der Waals surface area (Å²) in [7, 11) is 1.54. The number of rotatable bonds is 9. The molecule has 0 aliphatic rings. The Kier molecular flexibility index (Phi) is 9.58. The zero-order valence-electron chi connectivity index (χ0n) is 18.6. The number of carbonyl (C=O) groups excluding carboxylic acids is 1. The van der Waals surface area contributed by atoms with Gasteiger partial charge in [0.2, 0.25) is 0 Å². The second-order valence-corrected chi connectivity index (χ2v) is 9.70. The average Bonchev–Trinajstić information content (AvgIpc) is 2.77. The molecule has 3 rings (SSSR count). The third kappa shape index (κ3) is 7.59. The number of methoxy groups -OCH3 is 1. The molecule has 0 atom stereocenters. The highest BCUT2D eigenvalue weighted by Crippen LogP contribution is 2.34. The van der Waals surface area contributed by atoms with Crippen molar-refractivity contribution in [3.05, 3.63) is 73.4 Å². The predicted molar refractivity (Wildman–Crippen MR) is 139 cm³/mol. The van der Waals surface area contributed by atoms with Crippen molar-refractivity contribution in [3.8, 4) is 11.5 Å². The minimum atomic E-state index is -0.271. The number of hydrazone groups is 1. The average molecular weight is 584 g/mol. The third-order valence-corrected chi connectivity index (χ3v) is 6.49. The summed E-state index contributed by atoms with van der Waals surface area (Å²) in [5.41, 5.74) is 5.70. The Bertz CT molecular complexity index is 1210. The van der Waals surface area contributed by atoms with E-state index in [1.165, 1.54) is 18.0 Å². The van der Waals surface area contributed by atoms with Crippen molar-refractivity contribution in [1.82, 2.24) is 15.4 Å². The lowest BCUT2D eigenvalue weighted by atomic mass is 10.2. The zero-order valence-corrected chi connectivity index (χ0v) is 22.5. The first-order valence-corrected chi connectivity index (χ1v) is 12.5. The fourth-order valence-electron chi connectivity index (χ4n) is 2.81. The molecule has 0 saturated carbocycles. The Labute approximate surface area is 220 Å². The van der Waals surface area contributed by atoms with Crippen LogP contribution in [0.1, 0.15) is 22.5 Å². The fourth-order valence-corrected chi connectivity index (χ4v) is 4.44. The maximum absolute atomic E-state index is 12.1. The molecule has 0 aliphatic carbocycles. The van der Waals surface area contributed by atoms with Crippen LogP contribution < -0.4 is 14.9 Å². The number of halogens is 3. The summed E-state index contributed by atoms with van der Waals surface area (Å²) in [6, 6.07) is 10.6. The lowest BCUT2D eigenvalue weighted by Gasteiger charge is -2.13. The molecule has 0 fully saturated rings. The van der Waals surface area contributed by atoms with Crippen molar-refractivity contribution < 1.29 is 14.3 Å². The van der Waals surface area contributed by atoms with Gasteiger partial charge in [-0.25, -0.2) is 15.4 Å². The largest absolute Gasteiger partial charge is 0.493 e. The summed E-state index contributed by atoms with van der Waals surface area (Å²) in [6.45, 7) is 4.01. The van der Waals surface area contributed by atoms with Crippen LogP contribution in [0.15, 0.2) is 51.1 Å².